The molecule has 0 saturated heterocycles. The Morgan fingerprint density at radius 3 is 2.04 bits per heavy atom. The first-order valence-electron chi connectivity index (χ1n) is 9.24. The molecule has 1 fully saturated rings. The highest BCUT2D eigenvalue weighted by Gasteiger charge is 2.39. The van der Waals surface area contributed by atoms with Crippen LogP contribution in [-0.2, 0) is 19.1 Å². The van der Waals surface area contributed by atoms with Gasteiger partial charge in [-0.05, 0) is 40.0 Å². The van der Waals surface area contributed by atoms with Gasteiger partial charge in [-0.3, -0.25) is 9.59 Å². The van der Waals surface area contributed by atoms with Crippen LogP contribution in [0.15, 0.2) is 0 Å². The van der Waals surface area contributed by atoms with Crippen molar-refractivity contribution >= 4 is 11.9 Å². The summed E-state index contributed by atoms with van der Waals surface area (Å²) in [5.41, 5.74) is -0.512. The predicted molar refractivity (Wildman–Crippen MR) is 91.0 cm³/mol. The summed E-state index contributed by atoms with van der Waals surface area (Å²) in [5, 5.41) is 0. The second-order valence-electron chi connectivity index (χ2n) is 7.61. The van der Waals surface area contributed by atoms with Crippen LogP contribution in [0.4, 0.5) is 0 Å². The standard InChI is InChI=1S/C19H34O4/c1-5-6-7-8-11-14-22-17(20)15-12-9-10-13-16(15)18(21)23-19(2,3)4/h15-16H,5-14H2,1-4H3. The summed E-state index contributed by atoms with van der Waals surface area (Å²) in [6.07, 6.45) is 9.07. The van der Waals surface area contributed by atoms with Crippen molar-refractivity contribution in [2.75, 3.05) is 6.61 Å². The molecule has 0 spiro atoms. The Hall–Kier alpha value is -1.06. The Balaban J connectivity index is 2.44. The number of hydrogen-bond donors (Lipinski definition) is 0. The molecule has 134 valence electrons. The van der Waals surface area contributed by atoms with Crippen molar-refractivity contribution in [2.24, 2.45) is 11.8 Å². The molecule has 0 aliphatic heterocycles. The molecule has 1 aliphatic carbocycles. The quantitative estimate of drug-likeness (QED) is 0.481. The summed E-state index contributed by atoms with van der Waals surface area (Å²) in [7, 11) is 0. The molecule has 0 bridgehead atoms. The lowest BCUT2D eigenvalue weighted by molar-refractivity contribution is -0.170. The SMILES string of the molecule is CCCCCCCOC(=O)C1CCCCC1C(=O)OC(C)(C)C. The molecule has 0 aromatic rings. The van der Waals surface area contributed by atoms with E-state index in [0.717, 1.165) is 38.5 Å². The number of ether oxygens (including phenoxy) is 2. The third-order valence-electron chi connectivity index (χ3n) is 4.27. The molecule has 4 heteroatoms. The zero-order valence-corrected chi connectivity index (χ0v) is 15.4. The van der Waals surface area contributed by atoms with Crippen molar-refractivity contribution in [3.63, 3.8) is 0 Å². The van der Waals surface area contributed by atoms with Crippen molar-refractivity contribution in [2.45, 2.75) is 91.1 Å². The van der Waals surface area contributed by atoms with E-state index in [0.29, 0.717) is 6.61 Å². The van der Waals surface area contributed by atoms with Gasteiger partial charge in [0.15, 0.2) is 0 Å². The zero-order valence-electron chi connectivity index (χ0n) is 15.4. The lowest BCUT2D eigenvalue weighted by Gasteiger charge is -2.31. The molecule has 0 aromatic carbocycles. The van der Waals surface area contributed by atoms with Crippen molar-refractivity contribution in [3.05, 3.63) is 0 Å². The van der Waals surface area contributed by atoms with E-state index in [2.05, 4.69) is 6.92 Å². The van der Waals surface area contributed by atoms with Crippen molar-refractivity contribution < 1.29 is 19.1 Å². The van der Waals surface area contributed by atoms with E-state index in [1.165, 1.54) is 19.3 Å². The first kappa shape index (κ1) is 20.0. The van der Waals surface area contributed by atoms with Gasteiger partial charge in [-0.2, -0.15) is 0 Å². The van der Waals surface area contributed by atoms with Crippen molar-refractivity contribution in [3.8, 4) is 0 Å². The molecule has 0 amide bonds. The summed E-state index contributed by atoms with van der Waals surface area (Å²) in [6, 6.07) is 0. The molecule has 0 radical (unpaired) electrons. The van der Waals surface area contributed by atoms with Gasteiger partial charge in [0.05, 0.1) is 18.4 Å². The molecule has 1 rings (SSSR count). The van der Waals surface area contributed by atoms with E-state index in [4.69, 9.17) is 9.47 Å². The topological polar surface area (TPSA) is 52.6 Å². The summed E-state index contributed by atoms with van der Waals surface area (Å²) in [4.78, 5) is 24.7. The Morgan fingerprint density at radius 2 is 1.48 bits per heavy atom. The fourth-order valence-corrected chi connectivity index (χ4v) is 3.06. The minimum Gasteiger partial charge on any atom is -0.465 e. The number of unbranched alkanes of at least 4 members (excludes halogenated alkanes) is 4. The molecule has 1 saturated carbocycles. The third-order valence-corrected chi connectivity index (χ3v) is 4.27. The minimum absolute atomic E-state index is 0.212. The molecule has 4 nitrogen and oxygen atoms in total. The van der Waals surface area contributed by atoms with E-state index in [1.54, 1.807) is 0 Å². The fraction of sp³-hybridized carbons (Fsp3) is 0.895. The molecule has 0 aromatic heterocycles. The highest BCUT2D eigenvalue weighted by Crippen LogP contribution is 2.33. The van der Waals surface area contributed by atoms with Crippen molar-refractivity contribution in [1.29, 1.82) is 0 Å². The van der Waals surface area contributed by atoms with Crippen LogP contribution < -0.4 is 0 Å². The summed E-state index contributed by atoms with van der Waals surface area (Å²) >= 11 is 0. The Labute approximate surface area is 141 Å². The van der Waals surface area contributed by atoms with E-state index in [1.807, 2.05) is 20.8 Å². The largest absolute Gasteiger partial charge is 0.465 e. The van der Waals surface area contributed by atoms with Crippen LogP contribution >= 0.6 is 0 Å². The smallest absolute Gasteiger partial charge is 0.310 e. The van der Waals surface area contributed by atoms with Gasteiger partial charge >= 0.3 is 11.9 Å². The maximum absolute atomic E-state index is 12.3. The molecule has 2 atom stereocenters. The normalized spacial score (nSPS) is 21.7. The zero-order chi connectivity index (χ0) is 17.3. The highest BCUT2D eigenvalue weighted by molar-refractivity contribution is 5.82. The van der Waals surface area contributed by atoms with Crippen LogP contribution in [0.3, 0.4) is 0 Å². The minimum atomic E-state index is -0.512. The van der Waals surface area contributed by atoms with Crippen LogP contribution in [0.25, 0.3) is 0 Å². The monoisotopic (exact) mass is 326 g/mol. The molecule has 0 N–H and O–H groups in total. The number of esters is 2. The molecule has 1 aliphatic rings. The average molecular weight is 326 g/mol. The van der Waals surface area contributed by atoms with E-state index >= 15 is 0 Å². The lowest BCUT2D eigenvalue weighted by Crippen LogP contribution is -2.38. The van der Waals surface area contributed by atoms with Crippen molar-refractivity contribution in [1.82, 2.24) is 0 Å². The predicted octanol–water partition coefficient (Wildman–Crippen LogP) is 4.65. The van der Waals surface area contributed by atoms with Gasteiger partial charge in [-0.1, -0.05) is 45.4 Å². The van der Waals surface area contributed by atoms with Gasteiger partial charge in [0.25, 0.3) is 0 Å². The van der Waals surface area contributed by atoms with Crippen LogP contribution in [0.2, 0.25) is 0 Å². The fourth-order valence-electron chi connectivity index (χ4n) is 3.06. The van der Waals surface area contributed by atoms with Gasteiger partial charge in [-0.15, -0.1) is 0 Å². The number of rotatable bonds is 8. The maximum Gasteiger partial charge on any atom is 0.310 e. The highest BCUT2D eigenvalue weighted by atomic mass is 16.6. The number of carbonyl (C=O) groups excluding carboxylic acids is 2. The first-order chi connectivity index (χ1) is 10.8. The molecule has 0 heterocycles. The van der Waals surface area contributed by atoms with Gasteiger partial charge in [0, 0.05) is 0 Å². The van der Waals surface area contributed by atoms with E-state index < -0.39 is 5.60 Å². The Morgan fingerprint density at radius 1 is 0.913 bits per heavy atom. The van der Waals surface area contributed by atoms with Gasteiger partial charge in [0.2, 0.25) is 0 Å². The second-order valence-corrected chi connectivity index (χ2v) is 7.61. The average Bonchev–Trinajstić information content (AvgIpc) is 2.49. The molecular weight excluding hydrogens is 292 g/mol. The van der Waals surface area contributed by atoms with Crippen LogP contribution in [-0.4, -0.2) is 24.1 Å². The first-order valence-corrected chi connectivity index (χ1v) is 9.24. The van der Waals surface area contributed by atoms with Crippen LogP contribution in [0.1, 0.15) is 85.5 Å². The van der Waals surface area contributed by atoms with Gasteiger partial charge in [-0.25, -0.2) is 0 Å². The third kappa shape index (κ3) is 7.85. The number of carbonyl (C=O) groups is 2. The summed E-state index contributed by atoms with van der Waals surface area (Å²) in [5.74, 6) is -1.12. The maximum atomic E-state index is 12.3. The van der Waals surface area contributed by atoms with Gasteiger partial charge in [0.1, 0.15) is 5.60 Å². The van der Waals surface area contributed by atoms with E-state index in [9.17, 15) is 9.59 Å². The van der Waals surface area contributed by atoms with Gasteiger partial charge < -0.3 is 9.47 Å². The number of hydrogen-bond acceptors (Lipinski definition) is 4. The molecular formula is C19H34O4. The molecule has 2 unspecified atom stereocenters. The lowest BCUT2D eigenvalue weighted by atomic mass is 9.79. The Kier molecular flexibility index (Phi) is 8.64. The second kappa shape index (κ2) is 9.94. The summed E-state index contributed by atoms with van der Waals surface area (Å²) in [6.45, 7) is 8.23. The van der Waals surface area contributed by atoms with Crippen LogP contribution in [0, 0.1) is 11.8 Å². The van der Waals surface area contributed by atoms with E-state index in [-0.39, 0.29) is 23.8 Å². The Bertz CT molecular complexity index is 370. The van der Waals surface area contributed by atoms with Crippen LogP contribution in [0.5, 0.6) is 0 Å². The molecule has 23 heavy (non-hydrogen) atoms. The summed E-state index contributed by atoms with van der Waals surface area (Å²) < 4.78 is 10.9.